The van der Waals surface area contributed by atoms with Crippen molar-refractivity contribution in [2.24, 2.45) is 33.5 Å². The minimum atomic E-state index is -0.864. The van der Waals surface area contributed by atoms with Gasteiger partial charge in [-0.25, -0.2) is 0 Å². The van der Waals surface area contributed by atoms with Crippen molar-refractivity contribution in [3.05, 3.63) is 0 Å². The SMILES string of the molecule is CC1CCC2(OOC3(CCC(C)C(C)(C)C3(C)C)OO2)C(C)(C)C1(C)C. The van der Waals surface area contributed by atoms with Crippen LogP contribution in [0.4, 0.5) is 0 Å². The molecule has 2 spiro atoms. The molecule has 0 radical (unpaired) electrons. The molecule has 3 fully saturated rings. The average Bonchev–Trinajstić information content (AvgIpc) is 2.55. The highest BCUT2D eigenvalue weighted by molar-refractivity contribution is 5.06. The first-order valence-electron chi connectivity index (χ1n) is 10.4. The van der Waals surface area contributed by atoms with Gasteiger partial charge in [-0.1, -0.05) is 69.2 Å². The maximum Gasteiger partial charge on any atom is 0.239 e. The van der Waals surface area contributed by atoms with Crippen molar-refractivity contribution >= 4 is 0 Å². The van der Waals surface area contributed by atoms with Crippen LogP contribution in [0.1, 0.15) is 94.9 Å². The van der Waals surface area contributed by atoms with E-state index in [1.807, 2.05) is 0 Å². The zero-order valence-corrected chi connectivity index (χ0v) is 18.6. The molecule has 2 saturated carbocycles. The van der Waals surface area contributed by atoms with Gasteiger partial charge in [0.1, 0.15) is 0 Å². The second-order valence-electron chi connectivity index (χ2n) is 11.4. The smallest absolute Gasteiger partial charge is 0.194 e. The number of rotatable bonds is 0. The molecular weight excluding hydrogens is 328 g/mol. The maximum atomic E-state index is 6.22. The molecule has 4 nitrogen and oxygen atoms in total. The molecule has 0 aromatic carbocycles. The summed E-state index contributed by atoms with van der Waals surface area (Å²) in [5.41, 5.74) is -0.418. The average molecular weight is 369 g/mol. The summed E-state index contributed by atoms with van der Waals surface area (Å²) in [5.74, 6) is -0.566. The minimum Gasteiger partial charge on any atom is -0.194 e. The first-order chi connectivity index (χ1) is 11.7. The van der Waals surface area contributed by atoms with E-state index in [2.05, 4.69) is 69.2 Å². The lowest BCUT2D eigenvalue weighted by molar-refractivity contribution is -0.695. The van der Waals surface area contributed by atoms with Crippen molar-refractivity contribution in [3.8, 4) is 0 Å². The molecule has 1 saturated heterocycles. The van der Waals surface area contributed by atoms with E-state index in [-0.39, 0.29) is 21.7 Å². The molecule has 3 aliphatic rings. The summed E-state index contributed by atoms with van der Waals surface area (Å²) in [5, 5.41) is 0. The van der Waals surface area contributed by atoms with Crippen LogP contribution in [0.2, 0.25) is 0 Å². The molecule has 152 valence electrons. The van der Waals surface area contributed by atoms with Crippen molar-refractivity contribution in [2.45, 2.75) is 106 Å². The Balaban J connectivity index is 1.90. The highest BCUT2D eigenvalue weighted by atomic mass is 17.4. The first-order valence-corrected chi connectivity index (χ1v) is 10.4. The van der Waals surface area contributed by atoms with Crippen LogP contribution in [0.15, 0.2) is 0 Å². The Morgan fingerprint density at radius 3 is 1.08 bits per heavy atom. The van der Waals surface area contributed by atoms with Crippen LogP contribution in [-0.4, -0.2) is 11.6 Å². The van der Waals surface area contributed by atoms with E-state index < -0.39 is 11.6 Å². The van der Waals surface area contributed by atoms with Gasteiger partial charge in [-0.15, -0.1) is 0 Å². The maximum absolute atomic E-state index is 6.22. The Bertz CT molecular complexity index is 502. The Hall–Kier alpha value is -0.160. The second-order valence-corrected chi connectivity index (χ2v) is 11.4. The second kappa shape index (κ2) is 5.68. The largest absolute Gasteiger partial charge is 0.239 e. The predicted octanol–water partition coefficient (Wildman–Crippen LogP) is 6.25. The fourth-order valence-electron chi connectivity index (χ4n) is 5.25. The molecule has 3 rings (SSSR count). The molecule has 26 heavy (non-hydrogen) atoms. The molecule has 0 aromatic heterocycles. The van der Waals surface area contributed by atoms with Gasteiger partial charge in [0.05, 0.1) is 0 Å². The zero-order valence-electron chi connectivity index (χ0n) is 18.6. The van der Waals surface area contributed by atoms with Gasteiger partial charge in [-0.05, 0) is 35.5 Å². The van der Waals surface area contributed by atoms with Crippen molar-refractivity contribution in [1.29, 1.82) is 0 Å². The van der Waals surface area contributed by atoms with Gasteiger partial charge < -0.3 is 0 Å². The van der Waals surface area contributed by atoms with Gasteiger partial charge in [0.25, 0.3) is 0 Å². The highest BCUT2D eigenvalue weighted by Crippen LogP contribution is 2.65. The summed E-state index contributed by atoms with van der Waals surface area (Å²) in [6.45, 7) is 22.7. The summed E-state index contributed by atoms with van der Waals surface area (Å²) in [6, 6.07) is 0. The summed E-state index contributed by atoms with van der Waals surface area (Å²) in [6.07, 6.45) is 3.62. The molecule has 0 N–H and O–H groups in total. The summed E-state index contributed by atoms with van der Waals surface area (Å²) < 4.78 is 0. The Labute approximate surface area is 160 Å². The lowest BCUT2D eigenvalue weighted by atomic mass is 9.52. The van der Waals surface area contributed by atoms with Crippen LogP contribution in [0.5, 0.6) is 0 Å². The van der Waals surface area contributed by atoms with E-state index in [9.17, 15) is 0 Å². The third kappa shape index (κ3) is 2.28. The van der Waals surface area contributed by atoms with Crippen LogP contribution in [0.3, 0.4) is 0 Å². The molecule has 4 heteroatoms. The molecule has 2 aliphatic carbocycles. The van der Waals surface area contributed by atoms with E-state index in [1.165, 1.54) is 0 Å². The lowest BCUT2D eigenvalue weighted by Gasteiger charge is -2.64. The van der Waals surface area contributed by atoms with Gasteiger partial charge in [-0.2, -0.15) is 19.6 Å². The summed E-state index contributed by atoms with van der Waals surface area (Å²) in [4.78, 5) is 24.9. The van der Waals surface area contributed by atoms with E-state index >= 15 is 0 Å². The first kappa shape index (κ1) is 20.6. The topological polar surface area (TPSA) is 36.9 Å². The summed E-state index contributed by atoms with van der Waals surface area (Å²) in [7, 11) is 0. The standard InChI is InChI=1S/C22H40O4/c1-15-11-13-21(19(7,8)17(15,3)4)23-25-22(26-24-21)14-12-16(2)18(5,6)20(22,9)10/h15-16H,11-14H2,1-10H3. The van der Waals surface area contributed by atoms with Crippen LogP contribution >= 0.6 is 0 Å². The fraction of sp³-hybridized carbons (Fsp3) is 1.00. The predicted molar refractivity (Wildman–Crippen MR) is 102 cm³/mol. The number of hydrogen-bond donors (Lipinski definition) is 0. The van der Waals surface area contributed by atoms with Gasteiger partial charge in [0.15, 0.2) is 0 Å². The molecule has 1 heterocycles. The zero-order chi connectivity index (χ0) is 19.8. The Morgan fingerprint density at radius 1 is 0.538 bits per heavy atom. The Kier molecular flexibility index (Phi) is 4.50. The van der Waals surface area contributed by atoms with Crippen molar-refractivity contribution in [2.75, 3.05) is 0 Å². The molecule has 1 aliphatic heterocycles. The molecule has 2 atom stereocenters. The minimum absolute atomic E-state index is 0.0400. The van der Waals surface area contributed by atoms with Crippen molar-refractivity contribution in [3.63, 3.8) is 0 Å². The van der Waals surface area contributed by atoms with E-state index in [4.69, 9.17) is 19.6 Å². The van der Waals surface area contributed by atoms with E-state index in [0.717, 1.165) is 25.7 Å². The molecule has 2 unspecified atom stereocenters. The van der Waals surface area contributed by atoms with Gasteiger partial charge in [0, 0.05) is 23.7 Å². The van der Waals surface area contributed by atoms with Crippen molar-refractivity contribution in [1.82, 2.24) is 0 Å². The van der Waals surface area contributed by atoms with Crippen LogP contribution in [0, 0.1) is 33.5 Å². The van der Waals surface area contributed by atoms with E-state index in [0.29, 0.717) is 11.8 Å². The molecule has 0 amide bonds. The molecular formula is C22H40O4. The lowest BCUT2D eigenvalue weighted by Crippen LogP contribution is -2.69. The van der Waals surface area contributed by atoms with Crippen LogP contribution in [-0.2, 0) is 19.6 Å². The van der Waals surface area contributed by atoms with Crippen molar-refractivity contribution < 1.29 is 19.6 Å². The fourth-order valence-corrected chi connectivity index (χ4v) is 5.25. The van der Waals surface area contributed by atoms with E-state index in [1.54, 1.807) is 0 Å². The van der Waals surface area contributed by atoms with Gasteiger partial charge >= 0.3 is 0 Å². The van der Waals surface area contributed by atoms with Crippen LogP contribution < -0.4 is 0 Å². The third-order valence-corrected chi connectivity index (χ3v) is 10.0. The number of hydrogen-bond acceptors (Lipinski definition) is 4. The normalized spacial score (nSPS) is 46.4. The Morgan fingerprint density at radius 2 is 0.808 bits per heavy atom. The molecule has 0 aromatic rings. The monoisotopic (exact) mass is 368 g/mol. The third-order valence-electron chi connectivity index (χ3n) is 10.0. The van der Waals surface area contributed by atoms with Crippen LogP contribution in [0.25, 0.3) is 0 Å². The highest BCUT2D eigenvalue weighted by Gasteiger charge is 2.69. The summed E-state index contributed by atoms with van der Waals surface area (Å²) >= 11 is 0. The van der Waals surface area contributed by atoms with Gasteiger partial charge in [-0.3, -0.25) is 0 Å². The molecule has 0 bridgehead atoms. The van der Waals surface area contributed by atoms with Gasteiger partial charge in [0.2, 0.25) is 11.6 Å². The quantitative estimate of drug-likeness (QED) is 0.473.